The lowest BCUT2D eigenvalue weighted by Crippen LogP contribution is -2.34. The fraction of sp³-hybridized carbons (Fsp3) is 0.440. The molecule has 1 aliphatic heterocycles. The van der Waals surface area contributed by atoms with E-state index in [0.29, 0.717) is 34.7 Å². The number of carbonyl (C=O) groups is 2. The van der Waals surface area contributed by atoms with Gasteiger partial charge in [0.1, 0.15) is 5.58 Å². The molecule has 1 aromatic carbocycles. The number of nitrogens with zero attached hydrogens (tertiary/aromatic N) is 3. The van der Waals surface area contributed by atoms with E-state index in [2.05, 4.69) is 10.3 Å². The normalized spacial score (nSPS) is 19.8. The van der Waals surface area contributed by atoms with Gasteiger partial charge in [0.15, 0.2) is 5.76 Å². The van der Waals surface area contributed by atoms with Crippen LogP contribution in [0, 0.1) is 19.8 Å². The number of aryl methyl sites for hydroxylation is 2. The van der Waals surface area contributed by atoms with Gasteiger partial charge in [0.05, 0.1) is 0 Å². The lowest BCUT2D eigenvalue weighted by atomic mass is 9.90. The average Bonchev–Trinajstić information content (AvgIpc) is 3.32. The van der Waals surface area contributed by atoms with Crippen LogP contribution in [-0.4, -0.2) is 38.9 Å². The number of benzene rings is 1. The molecule has 2 amide bonds. The number of fused-ring (bicyclic) bond motifs is 3. The van der Waals surface area contributed by atoms with Gasteiger partial charge in [-0.2, -0.15) is 4.98 Å². The van der Waals surface area contributed by atoms with Crippen molar-refractivity contribution < 1.29 is 14.0 Å². The SMILES string of the molecule is Cc1cc(C)n(CCC(=O)Nc2ccc3oc(C(=O)N4C[C@@H]5CCC[C@H]4C5)cc3c2)c(=O)n1. The van der Waals surface area contributed by atoms with Crippen LogP contribution in [-0.2, 0) is 11.3 Å². The van der Waals surface area contributed by atoms with Crippen LogP contribution in [0.2, 0.25) is 0 Å². The first kappa shape index (κ1) is 21.4. The van der Waals surface area contributed by atoms with Gasteiger partial charge in [-0.25, -0.2) is 4.79 Å². The molecule has 0 unspecified atom stereocenters. The van der Waals surface area contributed by atoms with Gasteiger partial charge in [-0.1, -0.05) is 6.42 Å². The van der Waals surface area contributed by atoms with Gasteiger partial charge < -0.3 is 14.6 Å². The van der Waals surface area contributed by atoms with E-state index in [4.69, 9.17) is 4.42 Å². The van der Waals surface area contributed by atoms with Crippen LogP contribution in [0.5, 0.6) is 0 Å². The Morgan fingerprint density at radius 3 is 2.82 bits per heavy atom. The zero-order valence-electron chi connectivity index (χ0n) is 19.0. The Morgan fingerprint density at radius 2 is 2.03 bits per heavy atom. The first-order valence-electron chi connectivity index (χ1n) is 11.6. The molecule has 1 saturated carbocycles. The standard InChI is InChI=1S/C25H28N4O4/c1-15-10-16(2)28(25(32)26-15)9-8-23(30)27-19-6-7-21-18(12-19)13-22(33-21)24(31)29-14-17-4-3-5-20(29)11-17/h6-7,10,12-13,17,20H,3-5,8-9,11,14H2,1-2H3,(H,27,30)/t17-,20+/m1/s1. The van der Waals surface area contributed by atoms with Crippen molar-refractivity contribution in [3.05, 3.63) is 58.0 Å². The quantitative estimate of drug-likeness (QED) is 0.643. The molecule has 2 atom stereocenters. The Kier molecular flexibility index (Phi) is 5.52. The second-order valence-electron chi connectivity index (χ2n) is 9.28. The maximum atomic E-state index is 13.0. The minimum atomic E-state index is -0.348. The van der Waals surface area contributed by atoms with E-state index in [1.165, 1.54) is 17.4 Å². The number of furan rings is 1. The van der Waals surface area contributed by atoms with Crippen molar-refractivity contribution in [3.8, 4) is 0 Å². The average molecular weight is 449 g/mol. The summed E-state index contributed by atoms with van der Waals surface area (Å²) >= 11 is 0. The number of amides is 2. The van der Waals surface area contributed by atoms with Crippen LogP contribution in [0.3, 0.4) is 0 Å². The highest BCUT2D eigenvalue weighted by Gasteiger charge is 2.38. The van der Waals surface area contributed by atoms with Crippen molar-refractivity contribution in [3.63, 3.8) is 0 Å². The smallest absolute Gasteiger partial charge is 0.347 e. The Hall–Kier alpha value is -3.42. The molecule has 8 nitrogen and oxygen atoms in total. The molecule has 0 spiro atoms. The summed E-state index contributed by atoms with van der Waals surface area (Å²) < 4.78 is 7.34. The second kappa shape index (κ2) is 8.50. The largest absolute Gasteiger partial charge is 0.451 e. The second-order valence-corrected chi connectivity index (χ2v) is 9.28. The van der Waals surface area contributed by atoms with Crippen LogP contribution in [0.4, 0.5) is 5.69 Å². The number of hydrogen-bond donors (Lipinski definition) is 1. The van der Waals surface area contributed by atoms with E-state index in [9.17, 15) is 14.4 Å². The molecule has 1 N–H and O–H groups in total. The van der Waals surface area contributed by atoms with Crippen LogP contribution < -0.4 is 11.0 Å². The molecule has 0 radical (unpaired) electrons. The van der Waals surface area contributed by atoms with Gasteiger partial charge in [-0.15, -0.1) is 0 Å². The summed E-state index contributed by atoms with van der Waals surface area (Å²) in [5, 5.41) is 3.64. The first-order chi connectivity index (χ1) is 15.9. The predicted molar refractivity (Wildman–Crippen MR) is 124 cm³/mol. The van der Waals surface area contributed by atoms with Crippen molar-refractivity contribution in [2.75, 3.05) is 11.9 Å². The number of anilines is 1. The van der Waals surface area contributed by atoms with Crippen LogP contribution >= 0.6 is 0 Å². The summed E-state index contributed by atoms with van der Waals surface area (Å²) in [7, 11) is 0. The Balaban J connectivity index is 1.26. The van der Waals surface area contributed by atoms with Gasteiger partial charge in [0.25, 0.3) is 5.91 Å². The highest BCUT2D eigenvalue weighted by molar-refractivity contribution is 5.98. The van der Waals surface area contributed by atoms with Gasteiger partial charge in [0.2, 0.25) is 5.91 Å². The van der Waals surface area contributed by atoms with Crippen molar-refractivity contribution in [2.45, 2.75) is 58.5 Å². The molecule has 1 aliphatic carbocycles. The molecule has 2 fully saturated rings. The minimum absolute atomic E-state index is 0.0429. The molecular formula is C25H28N4O4. The van der Waals surface area contributed by atoms with Crippen molar-refractivity contribution in [1.82, 2.24) is 14.5 Å². The van der Waals surface area contributed by atoms with E-state index in [0.717, 1.165) is 30.5 Å². The summed E-state index contributed by atoms with van der Waals surface area (Å²) in [5.74, 6) is 0.723. The Bertz CT molecular complexity index is 1290. The third-order valence-corrected chi connectivity index (χ3v) is 6.83. The van der Waals surface area contributed by atoms with Crippen molar-refractivity contribution in [2.24, 2.45) is 5.92 Å². The number of rotatable bonds is 5. The molecule has 172 valence electrons. The fourth-order valence-corrected chi connectivity index (χ4v) is 5.24. The molecule has 3 heterocycles. The van der Waals surface area contributed by atoms with E-state index in [1.54, 1.807) is 31.2 Å². The Labute approximate surface area is 191 Å². The monoisotopic (exact) mass is 448 g/mol. The summed E-state index contributed by atoms with van der Waals surface area (Å²) in [6.07, 6.45) is 4.72. The van der Waals surface area contributed by atoms with Gasteiger partial charge in [0, 0.05) is 48.0 Å². The van der Waals surface area contributed by atoms with E-state index in [-0.39, 0.29) is 30.5 Å². The number of aromatic nitrogens is 2. The molecule has 3 aromatic rings. The molecule has 1 saturated heterocycles. The lowest BCUT2D eigenvalue weighted by molar-refractivity contribution is -0.116. The highest BCUT2D eigenvalue weighted by Crippen LogP contribution is 2.36. The number of likely N-dealkylation sites (tertiary alicyclic amines) is 1. The maximum absolute atomic E-state index is 13.0. The van der Waals surface area contributed by atoms with E-state index < -0.39 is 0 Å². The van der Waals surface area contributed by atoms with Crippen LogP contribution in [0.15, 0.2) is 39.5 Å². The molecule has 2 aliphatic rings. The molecule has 2 aromatic heterocycles. The van der Waals surface area contributed by atoms with Crippen molar-refractivity contribution in [1.29, 1.82) is 0 Å². The fourth-order valence-electron chi connectivity index (χ4n) is 5.24. The van der Waals surface area contributed by atoms with Crippen molar-refractivity contribution >= 4 is 28.5 Å². The van der Waals surface area contributed by atoms with Crippen LogP contribution in [0.1, 0.15) is 54.0 Å². The molecule has 5 rings (SSSR count). The third-order valence-electron chi connectivity index (χ3n) is 6.83. The van der Waals surface area contributed by atoms with Gasteiger partial charge in [-0.3, -0.25) is 14.2 Å². The summed E-state index contributed by atoms with van der Waals surface area (Å²) in [6.45, 7) is 4.68. The van der Waals surface area contributed by atoms with Gasteiger partial charge in [-0.05, 0) is 69.4 Å². The molecule has 2 bridgehead atoms. The molecular weight excluding hydrogens is 420 g/mol. The summed E-state index contributed by atoms with van der Waals surface area (Å²) in [4.78, 5) is 43.5. The topological polar surface area (TPSA) is 97.4 Å². The predicted octanol–water partition coefficient (Wildman–Crippen LogP) is 3.65. The van der Waals surface area contributed by atoms with Gasteiger partial charge >= 0.3 is 5.69 Å². The molecule has 33 heavy (non-hydrogen) atoms. The zero-order valence-corrected chi connectivity index (χ0v) is 19.0. The van der Waals surface area contributed by atoms with Crippen LogP contribution in [0.25, 0.3) is 11.0 Å². The number of carbonyl (C=O) groups excluding carboxylic acids is 2. The summed E-state index contributed by atoms with van der Waals surface area (Å²) in [6, 6.07) is 9.24. The molecule has 8 heteroatoms. The Morgan fingerprint density at radius 1 is 1.18 bits per heavy atom. The van der Waals surface area contributed by atoms with E-state index >= 15 is 0 Å². The van der Waals surface area contributed by atoms with E-state index in [1.807, 2.05) is 17.9 Å². The number of nitrogens with one attached hydrogen (secondary N) is 1. The first-order valence-corrected chi connectivity index (χ1v) is 11.6. The third kappa shape index (κ3) is 4.29. The highest BCUT2D eigenvalue weighted by atomic mass is 16.3. The zero-order chi connectivity index (χ0) is 23.1. The maximum Gasteiger partial charge on any atom is 0.347 e. The summed E-state index contributed by atoms with van der Waals surface area (Å²) in [5.41, 5.74) is 2.33. The lowest BCUT2D eigenvalue weighted by Gasteiger charge is -2.23. The minimum Gasteiger partial charge on any atom is -0.451 e. The number of hydrogen-bond acceptors (Lipinski definition) is 5.